The first-order valence-electron chi connectivity index (χ1n) is 4.29. The summed E-state index contributed by atoms with van der Waals surface area (Å²) >= 11 is 0. The van der Waals surface area contributed by atoms with Crippen molar-refractivity contribution in [1.29, 1.82) is 0 Å². The van der Waals surface area contributed by atoms with Crippen LogP contribution in [0.4, 0.5) is 0 Å². The number of aliphatic hydroxyl groups excluding tert-OH is 1. The van der Waals surface area contributed by atoms with Crippen molar-refractivity contribution < 1.29 is 17.7 Å². The summed E-state index contributed by atoms with van der Waals surface area (Å²) in [6, 6.07) is 0. The summed E-state index contributed by atoms with van der Waals surface area (Å²) in [5.74, 6) is -0.281. The molecule has 0 bridgehead atoms. The summed E-state index contributed by atoms with van der Waals surface area (Å²) < 4.78 is 35.3. The van der Waals surface area contributed by atoms with Crippen LogP contribution in [0.3, 0.4) is 0 Å². The van der Waals surface area contributed by atoms with Gasteiger partial charge < -0.3 is 5.11 Å². The summed E-state index contributed by atoms with van der Waals surface area (Å²) in [7, 11) is -4.28. The molecular weight excluding hydrogens is 226 g/mol. The number of aliphatic hydroxyl groups is 1. The van der Waals surface area contributed by atoms with Crippen molar-refractivity contribution in [1.82, 2.24) is 4.72 Å². The third kappa shape index (κ3) is 6.47. The van der Waals surface area contributed by atoms with E-state index >= 15 is 0 Å². The van der Waals surface area contributed by atoms with Crippen LogP contribution in [-0.4, -0.2) is 48.1 Å². The first kappa shape index (κ1) is 14.0. The van der Waals surface area contributed by atoms with Gasteiger partial charge in [0.1, 0.15) is 0 Å². The fraction of sp³-hybridized carbons (Fsp3) is 1.00. The van der Waals surface area contributed by atoms with E-state index in [1.54, 1.807) is 13.2 Å². The lowest BCUT2D eigenvalue weighted by Gasteiger charge is -2.08. The molecule has 0 aromatic heterocycles. The predicted molar refractivity (Wildman–Crippen MR) is 57.0 cm³/mol. The molecule has 0 heterocycles. The molecule has 0 aromatic rings. The Kier molecular flexibility index (Phi) is 6.50. The second-order valence-electron chi connectivity index (χ2n) is 3.03. The minimum Gasteiger partial charge on any atom is -0.395 e. The van der Waals surface area contributed by atoms with E-state index in [4.69, 9.17) is 5.11 Å². The van der Waals surface area contributed by atoms with Crippen molar-refractivity contribution in [2.75, 3.05) is 25.2 Å². The third-order valence-electron chi connectivity index (χ3n) is 1.80. The highest BCUT2D eigenvalue weighted by Crippen LogP contribution is 1.97. The second-order valence-corrected chi connectivity index (χ2v) is 6.76. The second kappa shape index (κ2) is 6.49. The van der Waals surface area contributed by atoms with Crippen molar-refractivity contribution in [3.63, 3.8) is 0 Å². The zero-order chi connectivity index (χ0) is 11.2. The van der Waals surface area contributed by atoms with Gasteiger partial charge in [-0.3, -0.25) is 4.21 Å². The van der Waals surface area contributed by atoms with Crippen molar-refractivity contribution in [3.8, 4) is 0 Å². The van der Waals surface area contributed by atoms with Crippen molar-refractivity contribution in [2.45, 2.75) is 18.6 Å². The molecule has 5 nitrogen and oxygen atoms in total. The van der Waals surface area contributed by atoms with Crippen LogP contribution in [0.1, 0.15) is 13.3 Å². The van der Waals surface area contributed by atoms with Gasteiger partial charge >= 0.3 is 0 Å². The molecule has 0 rings (SSSR count). The fourth-order valence-electron chi connectivity index (χ4n) is 0.776. The van der Waals surface area contributed by atoms with Gasteiger partial charge in [0.05, 0.1) is 12.4 Å². The number of sulfonamides is 1. The average Bonchev–Trinajstić information content (AvgIpc) is 2.03. The van der Waals surface area contributed by atoms with Crippen LogP contribution < -0.4 is 4.72 Å². The first-order valence-corrected chi connectivity index (χ1v) is 7.57. The minimum atomic E-state index is -3.35. The number of rotatable bonds is 7. The molecule has 0 aromatic carbocycles. The van der Waals surface area contributed by atoms with Crippen LogP contribution in [0.15, 0.2) is 0 Å². The Bertz CT molecular complexity index is 275. The van der Waals surface area contributed by atoms with E-state index in [1.165, 1.54) is 0 Å². The highest BCUT2D eigenvalue weighted by Gasteiger charge is 2.10. The zero-order valence-electron chi connectivity index (χ0n) is 8.39. The predicted octanol–water partition coefficient (Wildman–Crippen LogP) is -0.945. The van der Waals surface area contributed by atoms with E-state index in [-0.39, 0.29) is 24.2 Å². The van der Waals surface area contributed by atoms with E-state index < -0.39 is 20.8 Å². The van der Waals surface area contributed by atoms with Crippen molar-refractivity contribution >= 4 is 20.8 Å². The van der Waals surface area contributed by atoms with Crippen molar-refractivity contribution in [3.05, 3.63) is 0 Å². The van der Waals surface area contributed by atoms with Gasteiger partial charge in [-0.25, -0.2) is 13.1 Å². The summed E-state index contributed by atoms with van der Waals surface area (Å²) in [6.45, 7) is 1.68. The lowest BCUT2D eigenvalue weighted by molar-refractivity contribution is 0.319. The minimum absolute atomic E-state index is 0.0215. The zero-order valence-corrected chi connectivity index (χ0v) is 10.0. The van der Waals surface area contributed by atoms with Gasteiger partial charge in [-0.1, -0.05) is 6.92 Å². The Labute approximate surface area is 87.4 Å². The van der Waals surface area contributed by atoms with Gasteiger partial charge in [-0.2, -0.15) is 0 Å². The number of hydrogen-bond donors (Lipinski definition) is 2. The van der Waals surface area contributed by atoms with Crippen LogP contribution >= 0.6 is 0 Å². The molecule has 0 aliphatic carbocycles. The molecule has 2 unspecified atom stereocenters. The maximum atomic E-state index is 11.0. The lowest BCUT2D eigenvalue weighted by Crippen LogP contribution is -2.30. The van der Waals surface area contributed by atoms with E-state index in [2.05, 4.69) is 4.72 Å². The summed E-state index contributed by atoms with van der Waals surface area (Å²) in [5, 5.41) is 8.41. The van der Waals surface area contributed by atoms with Crippen LogP contribution in [0.25, 0.3) is 0 Å². The molecule has 0 aliphatic heterocycles. The number of hydrogen-bond acceptors (Lipinski definition) is 4. The Morgan fingerprint density at radius 2 is 2.07 bits per heavy atom. The quantitative estimate of drug-likeness (QED) is 0.604. The topological polar surface area (TPSA) is 83.5 Å². The van der Waals surface area contributed by atoms with Gasteiger partial charge in [0, 0.05) is 28.9 Å². The van der Waals surface area contributed by atoms with Gasteiger partial charge in [-0.05, 0) is 6.42 Å². The highest BCUT2D eigenvalue weighted by molar-refractivity contribution is 7.89. The van der Waals surface area contributed by atoms with Crippen molar-refractivity contribution in [2.24, 2.45) is 0 Å². The van der Waals surface area contributed by atoms with E-state index in [0.717, 1.165) is 0 Å². The molecular formula is C7H17NO4S2. The highest BCUT2D eigenvalue weighted by atomic mass is 32.2. The summed E-state index contributed by atoms with van der Waals surface area (Å²) in [4.78, 5) is 0. The summed E-state index contributed by atoms with van der Waals surface area (Å²) in [6.07, 6.45) is 2.13. The molecule has 86 valence electrons. The van der Waals surface area contributed by atoms with E-state index in [9.17, 15) is 12.6 Å². The molecule has 0 fully saturated rings. The maximum absolute atomic E-state index is 11.0. The van der Waals surface area contributed by atoms with Crippen LogP contribution in [0.5, 0.6) is 0 Å². The van der Waals surface area contributed by atoms with Crippen LogP contribution in [0.2, 0.25) is 0 Å². The SMILES string of the molecule is CC(CCNS(=O)(=O)CCO)S(C)=O. The molecule has 2 atom stereocenters. The summed E-state index contributed by atoms with van der Waals surface area (Å²) in [5.41, 5.74) is 0. The molecule has 0 radical (unpaired) electrons. The monoisotopic (exact) mass is 243 g/mol. The molecule has 7 heteroatoms. The van der Waals surface area contributed by atoms with Gasteiger partial charge in [0.25, 0.3) is 0 Å². The van der Waals surface area contributed by atoms with Gasteiger partial charge in [0.2, 0.25) is 10.0 Å². The Hall–Kier alpha value is 0.0200. The fourth-order valence-corrected chi connectivity index (χ4v) is 2.04. The third-order valence-corrected chi connectivity index (χ3v) is 4.53. The molecule has 0 spiro atoms. The van der Waals surface area contributed by atoms with Crippen LogP contribution in [0, 0.1) is 0 Å². The Morgan fingerprint density at radius 1 is 1.50 bits per heavy atom. The molecule has 0 amide bonds. The smallest absolute Gasteiger partial charge is 0.213 e. The average molecular weight is 243 g/mol. The Balaban J connectivity index is 3.79. The van der Waals surface area contributed by atoms with E-state index in [1.807, 2.05) is 0 Å². The normalized spacial score (nSPS) is 16.5. The van der Waals surface area contributed by atoms with Crippen LogP contribution in [-0.2, 0) is 20.8 Å². The molecule has 14 heavy (non-hydrogen) atoms. The molecule has 0 aliphatic rings. The molecule has 0 saturated carbocycles. The maximum Gasteiger partial charge on any atom is 0.213 e. The lowest BCUT2D eigenvalue weighted by atomic mass is 10.3. The number of nitrogens with one attached hydrogen (secondary N) is 1. The standard InChI is InChI=1S/C7H17NO4S2/c1-7(13(2)10)3-4-8-14(11,12)6-5-9/h7-9H,3-6H2,1-2H3. The van der Waals surface area contributed by atoms with E-state index in [0.29, 0.717) is 6.42 Å². The molecule has 2 N–H and O–H groups in total. The first-order chi connectivity index (χ1) is 6.39. The van der Waals surface area contributed by atoms with Gasteiger partial charge in [0.15, 0.2) is 0 Å². The Morgan fingerprint density at radius 3 is 2.50 bits per heavy atom. The molecule has 0 saturated heterocycles. The van der Waals surface area contributed by atoms with Gasteiger partial charge in [-0.15, -0.1) is 0 Å². The largest absolute Gasteiger partial charge is 0.395 e.